The van der Waals surface area contributed by atoms with E-state index in [2.05, 4.69) is 0 Å². The van der Waals surface area contributed by atoms with Crippen molar-refractivity contribution < 1.29 is 24.1 Å². The number of rotatable bonds is 1. The molecule has 2 atom stereocenters. The van der Waals surface area contributed by atoms with Crippen molar-refractivity contribution in [1.29, 1.82) is 0 Å². The summed E-state index contributed by atoms with van der Waals surface area (Å²) in [4.78, 5) is 11.3. The molecule has 5 heteroatoms. The first-order valence-corrected chi connectivity index (χ1v) is 5.04. The average molecular weight is 226 g/mol. The van der Waals surface area contributed by atoms with Crippen molar-refractivity contribution in [3.05, 3.63) is 23.2 Å². The van der Waals surface area contributed by atoms with Crippen molar-refractivity contribution in [1.82, 2.24) is 0 Å². The number of ether oxygens (including phenoxy) is 3. The lowest BCUT2D eigenvalue weighted by atomic mass is 9.93. The van der Waals surface area contributed by atoms with E-state index in [1.54, 1.807) is 6.92 Å². The van der Waals surface area contributed by atoms with Crippen LogP contribution in [0.3, 0.4) is 0 Å². The Hall–Kier alpha value is -1.49. The third kappa shape index (κ3) is 1.48. The molecule has 2 heterocycles. The third-order valence-electron chi connectivity index (χ3n) is 2.80. The maximum absolute atomic E-state index is 11.3. The van der Waals surface area contributed by atoms with Gasteiger partial charge in [0.25, 0.3) is 0 Å². The highest BCUT2D eigenvalue weighted by Crippen LogP contribution is 2.40. The zero-order valence-electron chi connectivity index (χ0n) is 9.44. The molecule has 0 aromatic rings. The Labute approximate surface area is 93.3 Å². The van der Waals surface area contributed by atoms with Crippen LogP contribution < -0.4 is 0 Å². The van der Waals surface area contributed by atoms with Crippen LogP contribution in [0.2, 0.25) is 0 Å². The van der Waals surface area contributed by atoms with Crippen LogP contribution >= 0.6 is 0 Å². The first-order chi connectivity index (χ1) is 7.48. The normalized spacial score (nSPS) is 34.1. The quantitative estimate of drug-likeness (QED) is 0.682. The summed E-state index contributed by atoms with van der Waals surface area (Å²) in [6.07, 6.45) is 1.20. The van der Waals surface area contributed by atoms with Gasteiger partial charge in [0, 0.05) is 12.8 Å². The van der Waals surface area contributed by atoms with Crippen LogP contribution in [0.5, 0.6) is 0 Å². The van der Waals surface area contributed by atoms with Gasteiger partial charge in [-0.15, -0.1) is 0 Å². The predicted octanol–water partition coefficient (Wildman–Crippen LogP) is 1.27. The molecule has 1 unspecified atom stereocenters. The minimum absolute atomic E-state index is 0.140. The van der Waals surface area contributed by atoms with E-state index in [9.17, 15) is 9.90 Å². The van der Waals surface area contributed by atoms with Gasteiger partial charge in [-0.3, -0.25) is 0 Å². The third-order valence-corrected chi connectivity index (χ3v) is 2.80. The van der Waals surface area contributed by atoms with E-state index in [-0.39, 0.29) is 11.7 Å². The second kappa shape index (κ2) is 3.52. The smallest absolute Gasteiger partial charge is 0.337 e. The Morgan fingerprint density at radius 3 is 2.94 bits per heavy atom. The van der Waals surface area contributed by atoms with Crippen LogP contribution in [0, 0.1) is 5.92 Å². The zero-order chi connectivity index (χ0) is 11.9. The molecular formula is C11H14O5. The highest BCUT2D eigenvalue weighted by Gasteiger charge is 2.47. The lowest BCUT2D eigenvalue weighted by molar-refractivity contribution is -0.216. The maximum atomic E-state index is 11.3. The number of methoxy groups -OCH3 is 1. The molecule has 16 heavy (non-hydrogen) atoms. The molecule has 0 amide bonds. The van der Waals surface area contributed by atoms with Crippen LogP contribution in [0.1, 0.15) is 13.8 Å². The Morgan fingerprint density at radius 2 is 2.31 bits per heavy atom. The van der Waals surface area contributed by atoms with Crippen molar-refractivity contribution >= 4 is 5.97 Å². The van der Waals surface area contributed by atoms with E-state index in [1.807, 2.05) is 6.92 Å². The van der Waals surface area contributed by atoms with Crippen LogP contribution in [-0.4, -0.2) is 30.6 Å². The number of hydrogen-bond acceptors (Lipinski definition) is 5. The molecule has 2 rings (SSSR count). The highest BCUT2D eigenvalue weighted by atomic mass is 16.7. The number of aliphatic hydroxyl groups is 1. The molecule has 88 valence electrons. The molecule has 1 N–H and O–H groups in total. The second-order valence-electron chi connectivity index (χ2n) is 4.05. The van der Waals surface area contributed by atoms with E-state index in [0.717, 1.165) is 0 Å². The second-order valence-corrected chi connectivity index (χ2v) is 4.05. The largest absolute Gasteiger partial charge is 0.511 e. The van der Waals surface area contributed by atoms with Gasteiger partial charge in [0.15, 0.2) is 0 Å². The fraction of sp³-hybridized carbons (Fsp3) is 0.545. The molecule has 0 aromatic heterocycles. The monoisotopic (exact) mass is 226 g/mol. The first-order valence-electron chi connectivity index (χ1n) is 5.04. The Balaban J connectivity index is 2.57. The van der Waals surface area contributed by atoms with Gasteiger partial charge in [0.1, 0.15) is 17.1 Å². The van der Waals surface area contributed by atoms with Gasteiger partial charge in [-0.2, -0.15) is 0 Å². The van der Waals surface area contributed by atoms with Crippen molar-refractivity contribution in [3.63, 3.8) is 0 Å². The fourth-order valence-electron chi connectivity index (χ4n) is 1.91. The van der Waals surface area contributed by atoms with E-state index in [4.69, 9.17) is 14.2 Å². The standard InChI is InChI=1S/C11H14O5/c1-6-5-15-11(2)9(10(6)13)7(14-3)4-8(12)16-11/h4,6,13H,5H2,1-3H3/t6?,11-/m0/s1. The van der Waals surface area contributed by atoms with Gasteiger partial charge >= 0.3 is 5.97 Å². The summed E-state index contributed by atoms with van der Waals surface area (Å²) in [5.74, 6) is -1.48. The zero-order valence-corrected chi connectivity index (χ0v) is 9.44. The molecule has 2 aliphatic rings. The van der Waals surface area contributed by atoms with Gasteiger partial charge in [-0.05, 0) is 0 Å². The van der Waals surface area contributed by atoms with E-state index in [0.29, 0.717) is 17.9 Å². The number of esters is 1. The fourth-order valence-corrected chi connectivity index (χ4v) is 1.91. The summed E-state index contributed by atoms with van der Waals surface area (Å²) in [5.41, 5.74) is 0.397. The Kier molecular flexibility index (Phi) is 2.42. The van der Waals surface area contributed by atoms with Gasteiger partial charge in [0.05, 0.1) is 19.8 Å². The number of carbonyl (C=O) groups is 1. The predicted molar refractivity (Wildman–Crippen MR) is 54.4 cm³/mol. The summed E-state index contributed by atoms with van der Waals surface area (Å²) in [6, 6.07) is 0. The van der Waals surface area contributed by atoms with E-state index < -0.39 is 11.8 Å². The van der Waals surface area contributed by atoms with Crippen LogP contribution in [0.4, 0.5) is 0 Å². The highest BCUT2D eigenvalue weighted by molar-refractivity contribution is 5.86. The molecular weight excluding hydrogens is 212 g/mol. The van der Waals surface area contributed by atoms with E-state index >= 15 is 0 Å². The Bertz CT molecular complexity index is 395. The molecule has 0 bridgehead atoms. The number of aliphatic hydroxyl groups excluding tert-OH is 1. The van der Waals surface area contributed by atoms with Gasteiger partial charge in [0.2, 0.25) is 5.79 Å². The number of fused-ring (bicyclic) bond motifs is 1. The summed E-state index contributed by atoms with van der Waals surface area (Å²) in [6.45, 7) is 3.72. The van der Waals surface area contributed by atoms with Crippen LogP contribution in [0.15, 0.2) is 23.2 Å². The molecule has 0 saturated carbocycles. The van der Waals surface area contributed by atoms with Crippen molar-refractivity contribution in [2.24, 2.45) is 5.92 Å². The minimum Gasteiger partial charge on any atom is -0.511 e. The van der Waals surface area contributed by atoms with Crippen molar-refractivity contribution in [3.8, 4) is 0 Å². The maximum Gasteiger partial charge on any atom is 0.337 e. The number of carbonyl (C=O) groups excluding carboxylic acids is 1. The lowest BCUT2D eigenvalue weighted by Gasteiger charge is -2.39. The molecule has 0 radical (unpaired) electrons. The molecule has 0 aromatic carbocycles. The molecule has 2 aliphatic heterocycles. The minimum atomic E-state index is -1.24. The average Bonchev–Trinajstić information content (AvgIpc) is 2.22. The van der Waals surface area contributed by atoms with Gasteiger partial charge in [-0.1, -0.05) is 6.92 Å². The topological polar surface area (TPSA) is 65.0 Å². The summed E-state index contributed by atoms with van der Waals surface area (Å²) < 4.78 is 15.6. The van der Waals surface area contributed by atoms with Gasteiger partial charge < -0.3 is 19.3 Å². The molecule has 0 saturated heterocycles. The van der Waals surface area contributed by atoms with Gasteiger partial charge in [-0.25, -0.2) is 4.79 Å². The first kappa shape index (κ1) is 11.0. The van der Waals surface area contributed by atoms with Crippen molar-refractivity contribution in [2.75, 3.05) is 13.7 Å². The van der Waals surface area contributed by atoms with E-state index in [1.165, 1.54) is 13.2 Å². The molecule has 0 fully saturated rings. The SMILES string of the molecule is COC1=CC(=O)O[C@]2(C)OCC(C)C(O)=C12. The lowest BCUT2D eigenvalue weighted by Crippen LogP contribution is -2.45. The van der Waals surface area contributed by atoms with Crippen LogP contribution in [0.25, 0.3) is 0 Å². The molecule has 0 aliphatic carbocycles. The Morgan fingerprint density at radius 1 is 1.62 bits per heavy atom. The summed E-state index contributed by atoms with van der Waals surface area (Å²) >= 11 is 0. The summed E-state index contributed by atoms with van der Waals surface area (Å²) in [7, 11) is 1.43. The molecule has 0 spiro atoms. The molecule has 5 nitrogen and oxygen atoms in total. The number of hydrogen-bond donors (Lipinski definition) is 1. The summed E-state index contributed by atoms with van der Waals surface area (Å²) in [5, 5.41) is 10.0. The van der Waals surface area contributed by atoms with Crippen molar-refractivity contribution in [2.45, 2.75) is 19.6 Å². The van der Waals surface area contributed by atoms with Crippen LogP contribution in [-0.2, 0) is 19.0 Å².